The van der Waals surface area contributed by atoms with Crippen molar-refractivity contribution in [2.75, 3.05) is 5.75 Å². The fourth-order valence-corrected chi connectivity index (χ4v) is 3.76. The molecule has 0 amide bonds. The number of thioether (sulfide) groups is 1. The highest BCUT2D eigenvalue weighted by atomic mass is 32.2. The van der Waals surface area contributed by atoms with Crippen LogP contribution < -0.4 is 0 Å². The highest BCUT2D eigenvalue weighted by Crippen LogP contribution is 2.36. The van der Waals surface area contributed by atoms with Gasteiger partial charge in [0.05, 0.1) is 5.60 Å². The van der Waals surface area contributed by atoms with Crippen LogP contribution in [-0.4, -0.2) is 21.7 Å². The van der Waals surface area contributed by atoms with Crippen molar-refractivity contribution in [2.45, 2.75) is 30.6 Å². The second kappa shape index (κ2) is 3.64. The van der Waals surface area contributed by atoms with E-state index in [1.54, 1.807) is 11.3 Å². The molecule has 1 nitrogen and oxygen atoms in total. The third-order valence-corrected chi connectivity index (χ3v) is 4.59. The number of aliphatic hydroxyl groups is 1. The SMILES string of the molecule is CC1CC(O)(Cc2ccsc2)CS1. The summed E-state index contributed by atoms with van der Waals surface area (Å²) < 4.78 is 0. The lowest BCUT2D eigenvalue weighted by Crippen LogP contribution is -2.31. The van der Waals surface area contributed by atoms with Gasteiger partial charge >= 0.3 is 0 Å². The number of hydrogen-bond acceptors (Lipinski definition) is 3. The molecule has 0 aliphatic carbocycles. The lowest BCUT2D eigenvalue weighted by Gasteiger charge is -2.20. The molecule has 0 saturated carbocycles. The molecule has 1 aliphatic heterocycles. The zero-order valence-corrected chi connectivity index (χ0v) is 9.33. The predicted octanol–water partition coefficient (Wildman–Crippen LogP) is 2.55. The Bertz CT molecular complexity index is 270. The van der Waals surface area contributed by atoms with Crippen LogP contribution in [-0.2, 0) is 6.42 Å². The minimum Gasteiger partial charge on any atom is -0.389 e. The van der Waals surface area contributed by atoms with Gasteiger partial charge in [0.15, 0.2) is 0 Å². The Kier molecular flexibility index (Phi) is 2.67. The van der Waals surface area contributed by atoms with E-state index in [1.807, 2.05) is 11.8 Å². The lowest BCUT2D eigenvalue weighted by molar-refractivity contribution is 0.0643. The van der Waals surface area contributed by atoms with E-state index in [9.17, 15) is 5.11 Å². The van der Waals surface area contributed by atoms with E-state index in [4.69, 9.17) is 0 Å². The highest BCUT2D eigenvalue weighted by molar-refractivity contribution is 8.00. The van der Waals surface area contributed by atoms with E-state index in [2.05, 4.69) is 23.8 Å². The first kappa shape index (κ1) is 9.56. The molecule has 0 bridgehead atoms. The Morgan fingerprint density at radius 3 is 3.08 bits per heavy atom. The van der Waals surface area contributed by atoms with Crippen LogP contribution in [0.15, 0.2) is 16.8 Å². The molecule has 0 spiro atoms. The van der Waals surface area contributed by atoms with Gasteiger partial charge in [0, 0.05) is 17.4 Å². The largest absolute Gasteiger partial charge is 0.389 e. The first-order chi connectivity index (χ1) is 6.18. The van der Waals surface area contributed by atoms with Gasteiger partial charge in [-0.3, -0.25) is 0 Å². The first-order valence-corrected chi connectivity index (χ1v) is 6.52. The molecule has 0 aromatic carbocycles. The maximum absolute atomic E-state index is 10.2. The fraction of sp³-hybridized carbons (Fsp3) is 0.600. The maximum atomic E-state index is 10.2. The third kappa shape index (κ3) is 2.27. The zero-order valence-electron chi connectivity index (χ0n) is 7.69. The van der Waals surface area contributed by atoms with Crippen molar-refractivity contribution < 1.29 is 5.11 Å². The molecule has 1 N–H and O–H groups in total. The van der Waals surface area contributed by atoms with Gasteiger partial charge in [-0.25, -0.2) is 0 Å². The lowest BCUT2D eigenvalue weighted by atomic mass is 9.94. The molecule has 0 radical (unpaired) electrons. The number of rotatable bonds is 2. The van der Waals surface area contributed by atoms with Crippen molar-refractivity contribution in [1.82, 2.24) is 0 Å². The maximum Gasteiger partial charge on any atom is 0.0788 e. The van der Waals surface area contributed by atoms with E-state index in [-0.39, 0.29) is 0 Å². The summed E-state index contributed by atoms with van der Waals surface area (Å²) in [5.41, 5.74) is 0.840. The topological polar surface area (TPSA) is 20.2 Å². The minimum absolute atomic E-state index is 0.439. The molecular weight excluding hydrogens is 200 g/mol. The molecule has 2 unspecified atom stereocenters. The summed E-state index contributed by atoms with van der Waals surface area (Å²) in [6, 6.07) is 2.11. The van der Waals surface area contributed by atoms with Crippen LogP contribution in [0.3, 0.4) is 0 Å². The van der Waals surface area contributed by atoms with Crippen LogP contribution in [0.1, 0.15) is 18.9 Å². The van der Waals surface area contributed by atoms with Crippen molar-refractivity contribution in [3.8, 4) is 0 Å². The Morgan fingerprint density at radius 2 is 2.54 bits per heavy atom. The van der Waals surface area contributed by atoms with Crippen molar-refractivity contribution in [1.29, 1.82) is 0 Å². The van der Waals surface area contributed by atoms with Crippen LogP contribution in [0.5, 0.6) is 0 Å². The van der Waals surface area contributed by atoms with Crippen LogP contribution in [0, 0.1) is 0 Å². The van der Waals surface area contributed by atoms with Gasteiger partial charge in [-0.2, -0.15) is 23.1 Å². The van der Waals surface area contributed by atoms with Crippen LogP contribution >= 0.6 is 23.1 Å². The van der Waals surface area contributed by atoms with E-state index in [1.165, 1.54) is 5.56 Å². The molecule has 3 heteroatoms. The van der Waals surface area contributed by atoms with Gasteiger partial charge in [0.25, 0.3) is 0 Å². The van der Waals surface area contributed by atoms with Gasteiger partial charge < -0.3 is 5.11 Å². The van der Waals surface area contributed by atoms with Crippen LogP contribution in [0.4, 0.5) is 0 Å². The average molecular weight is 214 g/mol. The minimum atomic E-state index is -0.439. The Morgan fingerprint density at radius 1 is 1.69 bits per heavy atom. The molecule has 2 atom stereocenters. The Labute approximate surface area is 87.2 Å². The summed E-state index contributed by atoms with van der Waals surface area (Å²) in [7, 11) is 0. The first-order valence-electron chi connectivity index (χ1n) is 4.53. The Hall–Kier alpha value is 0.01000. The summed E-state index contributed by atoms with van der Waals surface area (Å²) in [5, 5.41) is 15.0. The molecule has 1 fully saturated rings. The molecule has 72 valence electrons. The molecule has 2 rings (SSSR count). The molecule has 13 heavy (non-hydrogen) atoms. The summed E-state index contributed by atoms with van der Waals surface area (Å²) >= 11 is 3.58. The Balaban J connectivity index is 2.01. The second-order valence-electron chi connectivity index (χ2n) is 3.86. The quantitative estimate of drug-likeness (QED) is 0.816. The molecule has 1 aromatic rings. The van der Waals surface area contributed by atoms with Gasteiger partial charge in [0.1, 0.15) is 0 Å². The molecule has 2 heterocycles. The summed E-state index contributed by atoms with van der Waals surface area (Å²) in [5.74, 6) is 0.893. The van der Waals surface area contributed by atoms with E-state index < -0.39 is 5.60 Å². The normalized spacial score (nSPS) is 33.8. The van der Waals surface area contributed by atoms with Gasteiger partial charge in [-0.1, -0.05) is 6.92 Å². The van der Waals surface area contributed by atoms with Gasteiger partial charge in [0.2, 0.25) is 0 Å². The molecule has 1 aliphatic rings. The van der Waals surface area contributed by atoms with E-state index in [0.717, 1.165) is 18.6 Å². The van der Waals surface area contributed by atoms with Crippen molar-refractivity contribution in [3.63, 3.8) is 0 Å². The fourth-order valence-electron chi connectivity index (χ4n) is 1.85. The predicted molar refractivity (Wildman–Crippen MR) is 59.5 cm³/mol. The van der Waals surface area contributed by atoms with E-state index >= 15 is 0 Å². The monoisotopic (exact) mass is 214 g/mol. The van der Waals surface area contributed by atoms with Crippen molar-refractivity contribution >= 4 is 23.1 Å². The summed E-state index contributed by atoms with van der Waals surface area (Å²) in [6.45, 7) is 2.19. The standard InChI is InChI=1S/C10H14OS2/c1-8-4-10(11,7-13-8)5-9-2-3-12-6-9/h2-3,6,8,11H,4-5,7H2,1H3. The second-order valence-corrected chi connectivity index (χ2v) is 6.07. The molecule has 1 saturated heterocycles. The molecule has 1 aromatic heterocycles. The van der Waals surface area contributed by atoms with E-state index in [0.29, 0.717) is 5.25 Å². The van der Waals surface area contributed by atoms with Crippen LogP contribution in [0.2, 0.25) is 0 Å². The zero-order chi connectivity index (χ0) is 9.31. The van der Waals surface area contributed by atoms with Crippen molar-refractivity contribution in [3.05, 3.63) is 22.4 Å². The average Bonchev–Trinajstić information content (AvgIpc) is 2.62. The van der Waals surface area contributed by atoms with Crippen molar-refractivity contribution in [2.24, 2.45) is 0 Å². The molecular formula is C10H14OS2. The van der Waals surface area contributed by atoms with Gasteiger partial charge in [-0.15, -0.1) is 0 Å². The summed E-state index contributed by atoms with van der Waals surface area (Å²) in [6.07, 6.45) is 1.77. The smallest absolute Gasteiger partial charge is 0.0788 e. The third-order valence-electron chi connectivity index (χ3n) is 2.42. The summed E-state index contributed by atoms with van der Waals surface area (Å²) in [4.78, 5) is 0. The van der Waals surface area contributed by atoms with Crippen LogP contribution in [0.25, 0.3) is 0 Å². The number of thiophene rings is 1. The number of hydrogen-bond donors (Lipinski definition) is 1. The van der Waals surface area contributed by atoms with Gasteiger partial charge in [-0.05, 0) is 28.8 Å². The highest BCUT2D eigenvalue weighted by Gasteiger charge is 2.35.